The topological polar surface area (TPSA) is 144 Å². The number of hydrogen-bond donors (Lipinski definition) is 2. The SMILES string of the molecule is COc1cc(-c2nn(C3CCC(N4CCN(C)CC4)CC3)c3ncnc(N)c23)ccc1N(OC(C)=O)C(=O)NCc1ccccc1. The van der Waals surface area contributed by atoms with Crippen LogP contribution in [0, 0.1) is 0 Å². The molecule has 2 amide bonds. The molecule has 1 saturated heterocycles. The van der Waals surface area contributed by atoms with E-state index in [-0.39, 0.29) is 18.3 Å². The van der Waals surface area contributed by atoms with Crippen molar-refractivity contribution in [1.82, 2.24) is 34.9 Å². The van der Waals surface area contributed by atoms with Gasteiger partial charge >= 0.3 is 12.0 Å². The molecule has 0 radical (unpaired) electrons. The van der Waals surface area contributed by atoms with Crippen LogP contribution >= 0.6 is 0 Å². The number of hydroxylamine groups is 1. The highest BCUT2D eigenvalue weighted by Crippen LogP contribution is 2.39. The minimum atomic E-state index is -0.655. The van der Waals surface area contributed by atoms with Crippen molar-refractivity contribution in [3.63, 3.8) is 0 Å². The number of piperazine rings is 1. The van der Waals surface area contributed by atoms with Crippen LogP contribution in [0.25, 0.3) is 22.3 Å². The van der Waals surface area contributed by atoms with E-state index >= 15 is 0 Å². The van der Waals surface area contributed by atoms with Gasteiger partial charge in [0.1, 0.15) is 29.3 Å². The Kier molecular flexibility index (Phi) is 9.31. The first kappa shape index (κ1) is 31.2. The van der Waals surface area contributed by atoms with E-state index in [1.165, 1.54) is 20.4 Å². The van der Waals surface area contributed by atoms with Gasteiger partial charge in [0.25, 0.3) is 0 Å². The van der Waals surface area contributed by atoms with Gasteiger partial charge in [-0.25, -0.2) is 24.2 Å². The van der Waals surface area contributed by atoms with E-state index in [1.807, 2.05) is 35.0 Å². The number of nitrogen functional groups attached to an aromatic ring is 1. The van der Waals surface area contributed by atoms with Gasteiger partial charge in [0.15, 0.2) is 5.65 Å². The average Bonchev–Trinajstić information content (AvgIpc) is 3.48. The third-order valence-electron chi connectivity index (χ3n) is 8.95. The molecule has 6 rings (SSSR count). The summed E-state index contributed by atoms with van der Waals surface area (Å²) in [5.41, 5.74) is 9.58. The van der Waals surface area contributed by atoms with Crippen LogP contribution in [0.1, 0.15) is 44.2 Å². The zero-order valence-corrected chi connectivity index (χ0v) is 26.6. The smallest absolute Gasteiger partial charge is 0.355 e. The van der Waals surface area contributed by atoms with E-state index in [0.717, 1.165) is 62.5 Å². The number of carbonyl (C=O) groups excluding carboxylic acids is 2. The molecule has 2 aromatic carbocycles. The third kappa shape index (κ3) is 6.60. The lowest BCUT2D eigenvalue weighted by molar-refractivity contribution is -0.141. The van der Waals surface area contributed by atoms with Crippen LogP contribution in [-0.2, 0) is 16.2 Å². The van der Waals surface area contributed by atoms with Crippen LogP contribution in [-0.4, -0.2) is 87.9 Å². The van der Waals surface area contributed by atoms with Gasteiger partial charge in [0.05, 0.1) is 18.5 Å². The predicted molar refractivity (Wildman–Crippen MR) is 175 cm³/mol. The fourth-order valence-electron chi connectivity index (χ4n) is 6.47. The summed E-state index contributed by atoms with van der Waals surface area (Å²) in [4.78, 5) is 44.5. The van der Waals surface area contributed by atoms with E-state index in [2.05, 4.69) is 32.1 Å². The molecule has 46 heavy (non-hydrogen) atoms. The standard InChI is InChI=1S/C33H41N9O4/c1-22(43)46-42(33(44)35-20-23-7-5-4-6-8-23)27-14-9-24(19-28(27)45-3)30-29-31(34)36-21-37-32(29)41(38-30)26-12-10-25(11-13-26)40-17-15-39(2)16-18-40/h4-9,14,19,21,25-26H,10-13,15-18,20H2,1-3H3,(H,35,44)(H2,34,36,37). The number of hydrogen-bond acceptors (Lipinski definition) is 10. The number of fused-ring (bicyclic) bond motifs is 1. The van der Waals surface area contributed by atoms with Gasteiger partial charge < -0.3 is 25.5 Å². The van der Waals surface area contributed by atoms with Crippen molar-refractivity contribution in [2.24, 2.45) is 0 Å². The van der Waals surface area contributed by atoms with E-state index in [1.54, 1.807) is 18.2 Å². The Morgan fingerprint density at radius 1 is 1.00 bits per heavy atom. The van der Waals surface area contributed by atoms with Crippen molar-refractivity contribution in [2.45, 2.75) is 51.2 Å². The Morgan fingerprint density at radius 2 is 1.72 bits per heavy atom. The Hall–Kier alpha value is -4.75. The monoisotopic (exact) mass is 627 g/mol. The molecule has 0 atom stereocenters. The molecule has 2 aliphatic rings. The fraction of sp³-hybridized carbons (Fsp3) is 0.424. The highest BCUT2D eigenvalue weighted by atomic mass is 16.7. The zero-order chi connectivity index (χ0) is 32.2. The normalized spacial score (nSPS) is 19.1. The van der Waals surface area contributed by atoms with Gasteiger partial charge in [-0.3, -0.25) is 4.90 Å². The van der Waals surface area contributed by atoms with Crippen LogP contribution < -0.4 is 20.9 Å². The first-order chi connectivity index (χ1) is 22.3. The summed E-state index contributed by atoms with van der Waals surface area (Å²) in [6, 6.07) is 14.8. The van der Waals surface area contributed by atoms with Crippen molar-refractivity contribution < 1.29 is 19.2 Å². The van der Waals surface area contributed by atoms with Crippen molar-refractivity contribution in [2.75, 3.05) is 51.1 Å². The molecule has 2 aromatic heterocycles. The number of urea groups is 1. The van der Waals surface area contributed by atoms with Gasteiger partial charge in [-0.2, -0.15) is 5.10 Å². The van der Waals surface area contributed by atoms with Gasteiger partial charge in [0.2, 0.25) is 0 Å². The van der Waals surface area contributed by atoms with E-state index in [4.69, 9.17) is 20.4 Å². The molecule has 2 fully saturated rings. The largest absolute Gasteiger partial charge is 0.494 e. The van der Waals surface area contributed by atoms with Crippen LogP contribution in [0.5, 0.6) is 5.75 Å². The van der Waals surface area contributed by atoms with Gasteiger partial charge in [-0.15, -0.1) is 5.06 Å². The maximum Gasteiger partial charge on any atom is 0.355 e. The van der Waals surface area contributed by atoms with E-state index < -0.39 is 12.0 Å². The van der Waals surface area contributed by atoms with Crippen LogP contribution in [0.2, 0.25) is 0 Å². The maximum atomic E-state index is 13.2. The number of nitrogens with two attached hydrogens (primary N) is 1. The Bertz CT molecular complexity index is 1680. The summed E-state index contributed by atoms with van der Waals surface area (Å²) in [5, 5.41) is 9.43. The van der Waals surface area contributed by atoms with Crippen LogP contribution in [0.3, 0.4) is 0 Å². The summed E-state index contributed by atoms with van der Waals surface area (Å²) in [6.07, 6.45) is 5.67. The van der Waals surface area contributed by atoms with E-state index in [0.29, 0.717) is 39.9 Å². The molecule has 0 unspecified atom stereocenters. The molecule has 1 aliphatic heterocycles. The first-order valence-electron chi connectivity index (χ1n) is 15.7. The molecular formula is C33H41N9O4. The molecule has 3 heterocycles. The lowest BCUT2D eigenvalue weighted by Crippen LogP contribution is -2.49. The highest BCUT2D eigenvalue weighted by molar-refractivity contribution is 5.99. The minimum absolute atomic E-state index is 0.184. The van der Waals surface area contributed by atoms with E-state index in [9.17, 15) is 9.59 Å². The van der Waals surface area contributed by atoms with Crippen molar-refractivity contribution in [3.8, 4) is 17.0 Å². The molecule has 4 aromatic rings. The zero-order valence-electron chi connectivity index (χ0n) is 26.6. The molecule has 1 saturated carbocycles. The second-order valence-corrected chi connectivity index (χ2v) is 12.0. The van der Waals surface area contributed by atoms with Gasteiger partial charge in [-0.05, 0) is 50.4 Å². The summed E-state index contributed by atoms with van der Waals surface area (Å²) in [5.74, 6) is -0.0142. The number of anilines is 2. The molecule has 242 valence electrons. The molecule has 0 bridgehead atoms. The number of aromatic nitrogens is 4. The number of nitrogens with one attached hydrogen (secondary N) is 1. The first-order valence-corrected chi connectivity index (χ1v) is 15.7. The van der Waals surface area contributed by atoms with Gasteiger partial charge in [0, 0.05) is 51.3 Å². The number of ether oxygens (including phenoxy) is 1. The number of nitrogens with zero attached hydrogens (tertiary/aromatic N) is 7. The predicted octanol–water partition coefficient (Wildman–Crippen LogP) is 4.01. The number of carbonyl (C=O) groups is 2. The molecule has 3 N–H and O–H groups in total. The molecule has 13 heteroatoms. The number of methoxy groups -OCH3 is 1. The number of rotatable bonds is 7. The quantitative estimate of drug-likeness (QED) is 0.289. The number of benzene rings is 2. The highest BCUT2D eigenvalue weighted by Gasteiger charge is 2.31. The maximum absolute atomic E-state index is 13.2. The van der Waals surface area contributed by atoms with Gasteiger partial charge in [-0.1, -0.05) is 36.4 Å². The second-order valence-electron chi connectivity index (χ2n) is 12.0. The summed E-state index contributed by atoms with van der Waals surface area (Å²) in [6.45, 7) is 5.94. The Balaban J connectivity index is 1.27. The number of likely N-dealkylation sites (N-methyl/N-ethyl adjacent to an activating group) is 1. The summed E-state index contributed by atoms with van der Waals surface area (Å²) in [7, 11) is 3.68. The van der Waals surface area contributed by atoms with Crippen molar-refractivity contribution in [1.29, 1.82) is 0 Å². The van der Waals surface area contributed by atoms with Crippen LogP contribution in [0.4, 0.5) is 16.3 Å². The number of amides is 2. The minimum Gasteiger partial charge on any atom is -0.494 e. The van der Waals surface area contributed by atoms with Crippen molar-refractivity contribution >= 4 is 34.5 Å². The molecule has 1 aliphatic carbocycles. The average molecular weight is 628 g/mol. The lowest BCUT2D eigenvalue weighted by atomic mass is 9.90. The fourth-order valence-corrected chi connectivity index (χ4v) is 6.47. The second kappa shape index (κ2) is 13.7. The summed E-state index contributed by atoms with van der Waals surface area (Å²) >= 11 is 0. The molecule has 0 spiro atoms. The molecule has 13 nitrogen and oxygen atoms in total. The lowest BCUT2D eigenvalue weighted by Gasteiger charge is -2.41. The third-order valence-corrected chi connectivity index (χ3v) is 8.95. The Labute approximate surface area is 268 Å². The summed E-state index contributed by atoms with van der Waals surface area (Å²) < 4.78 is 7.71. The molecular weight excluding hydrogens is 586 g/mol. The Morgan fingerprint density at radius 3 is 2.41 bits per heavy atom. The van der Waals surface area contributed by atoms with Crippen molar-refractivity contribution in [3.05, 3.63) is 60.4 Å². The van der Waals surface area contributed by atoms with Crippen LogP contribution in [0.15, 0.2) is 54.9 Å².